The molecule has 1 aliphatic heterocycles. The number of hydrogen-bond acceptors (Lipinski definition) is 9. The van der Waals surface area contributed by atoms with Crippen molar-refractivity contribution in [2.45, 2.75) is 110 Å². The Morgan fingerprint density at radius 1 is 1.04 bits per heavy atom. The van der Waals surface area contributed by atoms with Crippen LogP contribution in [-0.2, 0) is 39.9 Å². The molecule has 4 aliphatic carbocycles. The van der Waals surface area contributed by atoms with E-state index in [9.17, 15) is 24.0 Å². The van der Waals surface area contributed by atoms with E-state index in [0.29, 0.717) is 61.7 Å². The number of ether oxygens (including phenoxy) is 4. The van der Waals surface area contributed by atoms with Crippen LogP contribution in [0, 0.1) is 28.6 Å². The molecule has 12 nitrogen and oxygen atoms in total. The molecule has 0 radical (unpaired) electrons. The second-order valence-electron chi connectivity index (χ2n) is 15.2. The minimum Gasteiger partial charge on any atom is -0.429 e. The standard InChI is InChI=1S/C39H51N3O9/c1-4-7-34-50-32-21-30-28-14-11-25-20-27(43)15-17-37(25,2)29(28)16-18-38(30,3)39(32,51-34)31(44)23-49-36(47)48-22-24-9-12-26(13-10-24)42-33(45)8-5-6-19-41-35(40)46/h9-10,12-13,15,17,20,28-30,32,34H,4-8,11,14,16,18-19,21-23H2,1-3H3,(H,42,45)(H3,40,41,46)/t28-,29?,30?,32-,34?,37+,38+,39-/m1/s1. The number of carbonyl (C=O) groups excluding carboxylic acids is 5. The first kappa shape index (κ1) is 36.8. The molecule has 1 aromatic rings. The third-order valence-corrected chi connectivity index (χ3v) is 12.3. The maximum absolute atomic E-state index is 14.3. The molecule has 51 heavy (non-hydrogen) atoms. The van der Waals surface area contributed by atoms with E-state index in [1.54, 1.807) is 30.3 Å². The van der Waals surface area contributed by atoms with Crippen LogP contribution in [0.3, 0.4) is 0 Å². The van der Waals surface area contributed by atoms with Crippen molar-refractivity contribution in [3.8, 4) is 0 Å². The minimum atomic E-state index is -1.22. The molecule has 4 N–H and O–H groups in total. The number of rotatable bonds is 13. The van der Waals surface area contributed by atoms with E-state index < -0.39 is 42.2 Å². The number of carbonyl (C=O) groups is 5. The molecule has 1 heterocycles. The molecule has 1 aromatic carbocycles. The summed E-state index contributed by atoms with van der Waals surface area (Å²) in [5, 5.41) is 5.30. The van der Waals surface area contributed by atoms with Crippen molar-refractivity contribution < 1.29 is 42.9 Å². The van der Waals surface area contributed by atoms with Crippen LogP contribution in [0.5, 0.6) is 0 Å². The van der Waals surface area contributed by atoms with Gasteiger partial charge in [0.15, 0.2) is 24.3 Å². The maximum Gasteiger partial charge on any atom is 0.509 e. The number of anilines is 1. The predicted molar refractivity (Wildman–Crippen MR) is 187 cm³/mol. The summed E-state index contributed by atoms with van der Waals surface area (Å²) in [7, 11) is 0. The van der Waals surface area contributed by atoms with Crippen LogP contribution in [0.15, 0.2) is 48.1 Å². The molecule has 3 unspecified atom stereocenters. The zero-order valence-electron chi connectivity index (χ0n) is 29.9. The molecular formula is C39H51N3O9. The monoisotopic (exact) mass is 705 g/mol. The highest BCUT2D eigenvalue weighted by Crippen LogP contribution is 2.69. The smallest absolute Gasteiger partial charge is 0.429 e. The molecule has 4 fully saturated rings. The van der Waals surface area contributed by atoms with E-state index in [1.165, 1.54) is 5.57 Å². The fourth-order valence-electron chi connectivity index (χ4n) is 9.83. The summed E-state index contributed by atoms with van der Waals surface area (Å²) in [5.41, 5.74) is 5.63. The lowest BCUT2D eigenvalue weighted by Crippen LogP contribution is -2.60. The van der Waals surface area contributed by atoms with Crippen LogP contribution < -0.4 is 16.4 Å². The summed E-state index contributed by atoms with van der Waals surface area (Å²) < 4.78 is 24.0. The normalized spacial score (nSPS) is 33.2. The van der Waals surface area contributed by atoms with Crippen LogP contribution in [0.4, 0.5) is 15.3 Å². The van der Waals surface area contributed by atoms with Crippen LogP contribution in [0.1, 0.15) is 90.5 Å². The Labute approximate surface area is 299 Å². The van der Waals surface area contributed by atoms with Crippen molar-refractivity contribution in [3.05, 3.63) is 53.6 Å². The van der Waals surface area contributed by atoms with Gasteiger partial charge in [-0.25, -0.2) is 9.59 Å². The third kappa shape index (κ3) is 7.09. The Kier molecular flexibility index (Phi) is 10.7. The molecule has 6 rings (SSSR count). The van der Waals surface area contributed by atoms with Crippen molar-refractivity contribution in [1.29, 1.82) is 0 Å². The van der Waals surface area contributed by atoms with Gasteiger partial charge in [-0.15, -0.1) is 0 Å². The van der Waals surface area contributed by atoms with Gasteiger partial charge in [-0.05, 0) is 99.0 Å². The lowest BCUT2D eigenvalue weighted by atomic mass is 9.47. The number of allylic oxidation sites excluding steroid dienone is 4. The summed E-state index contributed by atoms with van der Waals surface area (Å²) in [4.78, 5) is 62.2. The number of benzene rings is 1. The number of hydrogen-bond donors (Lipinski definition) is 3. The molecule has 0 bridgehead atoms. The minimum absolute atomic E-state index is 0.0591. The topological polar surface area (TPSA) is 172 Å². The van der Waals surface area contributed by atoms with E-state index in [1.807, 2.05) is 6.08 Å². The quantitative estimate of drug-likeness (QED) is 0.167. The zero-order valence-corrected chi connectivity index (χ0v) is 29.9. The first-order valence-corrected chi connectivity index (χ1v) is 18.4. The summed E-state index contributed by atoms with van der Waals surface area (Å²) in [5.74, 6) is 0.503. The van der Waals surface area contributed by atoms with Crippen LogP contribution >= 0.6 is 0 Å². The number of unbranched alkanes of at least 4 members (excludes halogenated alkanes) is 1. The number of Topliss-reactive ketones (excluding diaryl/α,β-unsaturated/α-hetero) is 1. The fraction of sp³-hybridized carbons (Fsp3) is 0.615. The van der Waals surface area contributed by atoms with Gasteiger partial charge in [0, 0.05) is 29.5 Å². The number of urea groups is 1. The highest BCUT2D eigenvalue weighted by Gasteiger charge is 2.74. The van der Waals surface area contributed by atoms with Crippen molar-refractivity contribution in [3.63, 3.8) is 0 Å². The van der Waals surface area contributed by atoms with E-state index >= 15 is 0 Å². The Morgan fingerprint density at radius 2 is 1.82 bits per heavy atom. The lowest BCUT2D eigenvalue weighted by Gasteiger charge is -2.58. The molecule has 3 saturated carbocycles. The largest absolute Gasteiger partial charge is 0.509 e. The van der Waals surface area contributed by atoms with Gasteiger partial charge in [0.1, 0.15) is 6.61 Å². The van der Waals surface area contributed by atoms with Crippen LogP contribution in [-0.4, -0.2) is 60.8 Å². The van der Waals surface area contributed by atoms with E-state index in [2.05, 4.69) is 37.5 Å². The van der Waals surface area contributed by atoms with Crippen molar-refractivity contribution >= 4 is 35.3 Å². The van der Waals surface area contributed by atoms with Gasteiger partial charge in [-0.3, -0.25) is 14.4 Å². The van der Waals surface area contributed by atoms with Gasteiger partial charge < -0.3 is 35.3 Å². The Bertz CT molecular complexity index is 1590. The zero-order chi connectivity index (χ0) is 36.4. The van der Waals surface area contributed by atoms with Gasteiger partial charge in [0.2, 0.25) is 11.7 Å². The molecule has 12 heteroatoms. The van der Waals surface area contributed by atoms with Crippen LogP contribution in [0.25, 0.3) is 0 Å². The highest BCUT2D eigenvalue weighted by atomic mass is 16.7. The van der Waals surface area contributed by atoms with Gasteiger partial charge in [0.25, 0.3) is 0 Å². The fourth-order valence-corrected chi connectivity index (χ4v) is 9.83. The molecule has 276 valence electrons. The number of nitrogens with two attached hydrogens (primary N) is 1. The second kappa shape index (κ2) is 14.9. The van der Waals surface area contributed by atoms with Gasteiger partial charge >= 0.3 is 12.2 Å². The summed E-state index contributed by atoms with van der Waals surface area (Å²) in [6.07, 6.45) is 11.0. The molecular weight excluding hydrogens is 654 g/mol. The molecule has 0 aromatic heterocycles. The summed E-state index contributed by atoms with van der Waals surface area (Å²) >= 11 is 0. The average Bonchev–Trinajstić information content (AvgIpc) is 3.58. The molecule has 5 aliphatic rings. The highest BCUT2D eigenvalue weighted by molar-refractivity contribution is 6.01. The van der Waals surface area contributed by atoms with Crippen molar-refractivity contribution in [2.24, 2.45) is 34.3 Å². The summed E-state index contributed by atoms with van der Waals surface area (Å²) in [6.45, 7) is 6.35. The number of fused-ring (bicyclic) bond motifs is 7. The lowest BCUT2D eigenvalue weighted by molar-refractivity contribution is -0.186. The molecule has 8 atom stereocenters. The SMILES string of the molecule is CCCC1O[C@@H]2CC3[C@@H]4CCC5=CC(=O)C=C[C@]5(C)C4CC[C@]3(C)[C@]2(C(=O)COC(=O)OCc2ccc(NC(=O)CCCCNC(N)=O)cc2)O1. The Balaban J connectivity index is 1.05. The van der Waals surface area contributed by atoms with Gasteiger partial charge in [-0.1, -0.05) is 51.0 Å². The average molecular weight is 706 g/mol. The van der Waals surface area contributed by atoms with Crippen LogP contribution in [0.2, 0.25) is 0 Å². The van der Waals surface area contributed by atoms with Gasteiger partial charge in [0.05, 0.1) is 6.10 Å². The number of amides is 3. The molecule has 1 saturated heterocycles. The first-order chi connectivity index (χ1) is 24.4. The number of ketones is 2. The molecule has 3 amide bonds. The Morgan fingerprint density at radius 3 is 2.57 bits per heavy atom. The number of primary amides is 1. The second-order valence-corrected chi connectivity index (χ2v) is 15.2. The van der Waals surface area contributed by atoms with E-state index in [0.717, 1.165) is 32.1 Å². The first-order valence-electron chi connectivity index (χ1n) is 18.4. The van der Waals surface area contributed by atoms with Crippen molar-refractivity contribution in [2.75, 3.05) is 18.5 Å². The summed E-state index contributed by atoms with van der Waals surface area (Å²) in [6, 6.07) is 6.29. The molecule has 0 spiro atoms. The van der Waals surface area contributed by atoms with E-state index in [4.69, 9.17) is 24.7 Å². The predicted octanol–water partition coefficient (Wildman–Crippen LogP) is 5.88. The maximum atomic E-state index is 14.3. The van der Waals surface area contributed by atoms with Gasteiger partial charge in [-0.2, -0.15) is 0 Å². The van der Waals surface area contributed by atoms with Crippen molar-refractivity contribution in [1.82, 2.24) is 5.32 Å². The Hall–Kier alpha value is -4.03. The third-order valence-electron chi connectivity index (χ3n) is 12.3. The van der Waals surface area contributed by atoms with E-state index in [-0.39, 0.29) is 35.4 Å². The number of nitrogens with one attached hydrogen (secondary N) is 2.